The van der Waals surface area contributed by atoms with E-state index in [2.05, 4.69) is 27.9 Å². The van der Waals surface area contributed by atoms with Gasteiger partial charge in [0.25, 0.3) is 5.91 Å². The maximum absolute atomic E-state index is 11.9. The van der Waals surface area contributed by atoms with E-state index in [0.29, 0.717) is 18.7 Å². The van der Waals surface area contributed by atoms with Gasteiger partial charge < -0.3 is 26.4 Å². The van der Waals surface area contributed by atoms with Gasteiger partial charge in [-0.15, -0.1) is 0 Å². The number of aliphatic imine (C=N–C) groups is 1. The van der Waals surface area contributed by atoms with Crippen molar-refractivity contribution in [3.63, 3.8) is 0 Å². The topological polar surface area (TPSA) is 118 Å². The van der Waals surface area contributed by atoms with E-state index < -0.39 is 5.91 Å². The second-order valence-corrected chi connectivity index (χ2v) is 6.80. The highest BCUT2D eigenvalue weighted by molar-refractivity contribution is 5.96. The Balaban J connectivity index is 1.90. The summed E-state index contributed by atoms with van der Waals surface area (Å²) >= 11 is 0. The molecule has 0 spiro atoms. The van der Waals surface area contributed by atoms with Gasteiger partial charge in [0.2, 0.25) is 5.91 Å². The standard InChI is InChI=1S/C19H29N5O3/c1-3-21-18(24-13-19(2)9-4-10-27-19)23-11-14-5-7-15(8-6-14)17(26)22-12-16(20)25/h5-8H,3-4,9-13H2,1-2H3,(H2,20,25)(H,22,26)(H2,21,23,24). The minimum Gasteiger partial charge on any atom is -0.373 e. The average Bonchev–Trinajstić information content (AvgIpc) is 3.09. The molecule has 148 valence electrons. The lowest BCUT2D eigenvalue weighted by molar-refractivity contribution is -0.117. The van der Waals surface area contributed by atoms with Gasteiger partial charge in [-0.1, -0.05) is 12.1 Å². The number of nitrogens with two attached hydrogens (primary N) is 1. The number of nitrogens with zero attached hydrogens (tertiary/aromatic N) is 1. The first-order chi connectivity index (χ1) is 12.9. The fraction of sp³-hybridized carbons (Fsp3) is 0.526. The number of primary amides is 1. The molecule has 1 heterocycles. The van der Waals surface area contributed by atoms with Crippen molar-refractivity contribution in [2.75, 3.05) is 26.2 Å². The monoisotopic (exact) mass is 375 g/mol. The minimum atomic E-state index is -0.574. The minimum absolute atomic E-state index is 0.143. The van der Waals surface area contributed by atoms with Gasteiger partial charge in [-0.2, -0.15) is 0 Å². The fourth-order valence-electron chi connectivity index (χ4n) is 2.79. The number of benzene rings is 1. The predicted molar refractivity (Wildman–Crippen MR) is 104 cm³/mol. The van der Waals surface area contributed by atoms with Crippen LogP contribution in [0.2, 0.25) is 0 Å². The third-order valence-electron chi connectivity index (χ3n) is 4.33. The lowest BCUT2D eigenvalue weighted by Crippen LogP contribution is -2.45. The zero-order valence-corrected chi connectivity index (χ0v) is 16.0. The zero-order chi connectivity index (χ0) is 19.7. The van der Waals surface area contributed by atoms with Crippen LogP contribution >= 0.6 is 0 Å². The Morgan fingerprint density at radius 2 is 1.96 bits per heavy atom. The highest BCUT2D eigenvalue weighted by Gasteiger charge is 2.29. The van der Waals surface area contributed by atoms with E-state index in [0.717, 1.165) is 37.5 Å². The van der Waals surface area contributed by atoms with Gasteiger partial charge in [0, 0.05) is 25.3 Å². The summed E-state index contributed by atoms with van der Waals surface area (Å²) in [6, 6.07) is 7.09. The van der Waals surface area contributed by atoms with Gasteiger partial charge in [0.1, 0.15) is 0 Å². The largest absolute Gasteiger partial charge is 0.373 e. The molecular weight excluding hydrogens is 346 g/mol. The third kappa shape index (κ3) is 6.90. The Kier molecular flexibility index (Phi) is 7.60. The van der Waals surface area contributed by atoms with E-state index in [1.54, 1.807) is 12.1 Å². The van der Waals surface area contributed by atoms with Gasteiger partial charge in [-0.05, 0) is 44.4 Å². The van der Waals surface area contributed by atoms with Crippen LogP contribution in [0.15, 0.2) is 29.3 Å². The number of carbonyl (C=O) groups is 2. The summed E-state index contributed by atoms with van der Waals surface area (Å²) in [6.07, 6.45) is 2.13. The van der Waals surface area contributed by atoms with Crippen LogP contribution < -0.4 is 21.7 Å². The van der Waals surface area contributed by atoms with Crippen molar-refractivity contribution >= 4 is 17.8 Å². The Labute approximate surface area is 159 Å². The SMILES string of the molecule is CCNC(=NCc1ccc(C(=O)NCC(N)=O)cc1)NCC1(C)CCCO1. The van der Waals surface area contributed by atoms with Crippen LogP contribution in [0.4, 0.5) is 0 Å². The summed E-state index contributed by atoms with van der Waals surface area (Å²) in [5, 5.41) is 9.02. The summed E-state index contributed by atoms with van der Waals surface area (Å²) in [7, 11) is 0. The maximum atomic E-state index is 11.9. The van der Waals surface area contributed by atoms with Gasteiger partial charge in [0.15, 0.2) is 5.96 Å². The molecule has 27 heavy (non-hydrogen) atoms. The number of nitrogens with one attached hydrogen (secondary N) is 3. The predicted octanol–water partition coefficient (Wildman–Crippen LogP) is 0.526. The van der Waals surface area contributed by atoms with Crippen LogP contribution in [-0.4, -0.2) is 49.6 Å². The molecule has 1 atom stereocenters. The highest BCUT2D eigenvalue weighted by atomic mass is 16.5. The van der Waals surface area contributed by atoms with Crippen LogP contribution in [-0.2, 0) is 16.1 Å². The molecule has 0 saturated carbocycles. The second-order valence-electron chi connectivity index (χ2n) is 6.80. The molecule has 1 aromatic rings. The van der Waals surface area contributed by atoms with Crippen LogP contribution in [0.25, 0.3) is 0 Å². The first-order valence-electron chi connectivity index (χ1n) is 9.23. The zero-order valence-electron chi connectivity index (χ0n) is 16.0. The van der Waals surface area contributed by atoms with Gasteiger partial charge in [0.05, 0.1) is 18.7 Å². The van der Waals surface area contributed by atoms with Crippen LogP contribution in [0.1, 0.15) is 42.6 Å². The summed E-state index contributed by atoms with van der Waals surface area (Å²) in [6.45, 7) is 6.72. The Bertz CT molecular complexity index is 666. The molecule has 1 saturated heterocycles. The van der Waals surface area contributed by atoms with E-state index in [1.807, 2.05) is 19.1 Å². The number of rotatable bonds is 8. The maximum Gasteiger partial charge on any atom is 0.251 e. The molecule has 1 aliphatic rings. The summed E-state index contributed by atoms with van der Waals surface area (Å²) < 4.78 is 5.79. The van der Waals surface area contributed by atoms with Crippen LogP contribution in [0.3, 0.4) is 0 Å². The normalized spacial score (nSPS) is 19.6. The van der Waals surface area contributed by atoms with Crippen molar-refractivity contribution in [2.24, 2.45) is 10.7 Å². The number of carbonyl (C=O) groups excluding carboxylic acids is 2. The smallest absolute Gasteiger partial charge is 0.251 e. The van der Waals surface area contributed by atoms with Gasteiger partial charge in [-0.3, -0.25) is 9.59 Å². The van der Waals surface area contributed by atoms with E-state index in [9.17, 15) is 9.59 Å². The van der Waals surface area contributed by atoms with Gasteiger partial charge >= 0.3 is 0 Å². The molecule has 0 aliphatic carbocycles. The van der Waals surface area contributed by atoms with Gasteiger partial charge in [-0.25, -0.2) is 4.99 Å². The molecule has 1 unspecified atom stereocenters. The lowest BCUT2D eigenvalue weighted by atomic mass is 10.0. The lowest BCUT2D eigenvalue weighted by Gasteiger charge is -2.24. The first-order valence-corrected chi connectivity index (χ1v) is 9.23. The second kappa shape index (κ2) is 9.91. The number of guanidine groups is 1. The van der Waals surface area contributed by atoms with Crippen molar-refractivity contribution in [1.82, 2.24) is 16.0 Å². The summed E-state index contributed by atoms with van der Waals surface area (Å²) in [4.78, 5) is 27.2. The highest BCUT2D eigenvalue weighted by Crippen LogP contribution is 2.23. The van der Waals surface area contributed by atoms with E-state index in [1.165, 1.54) is 0 Å². The fourth-order valence-corrected chi connectivity index (χ4v) is 2.79. The molecule has 8 nitrogen and oxygen atoms in total. The average molecular weight is 375 g/mol. The molecule has 0 bridgehead atoms. The third-order valence-corrected chi connectivity index (χ3v) is 4.33. The Morgan fingerprint density at radius 3 is 2.56 bits per heavy atom. The molecule has 1 fully saturated rings. The molecule has 2 amide bonds. The molecular formula is C19H29N5O3. The van der Waals surface area contributed by atoms with Crippen molar-refractivity contribution in [2.45, 2.75) is 38.8 Å². The van der Waals surface area contributed by atoms with E-state index in [-0.39, 0.29) is 18.1 Å². The number of hydrogen-bond donors (Lipinski definition) is 4. The van der Waals surface area contributed by atoms with Crippen molar-refractivity contribution in [1.29, 1.82) is 0 Å². The molecule has 8 heteroatoms. The molecule has 1 aromatic carbocycles. The summed E-state index contributed by atoms with van der Waals surface area (Å²) in [5.74, 6) is -0.171. The number of ether oxygens (including phenoxy) is 1. The number of hydrogen-bond acceptors (Lipinski definition) is 4. The van der Waals surface area contributed by atoms with E-state index >= 15 is 0 Å². The van der Waals surface area contributed by atoms with Crippen molar-refractivity contribution in [3.8, 4) is 0 Å². The first kappa shape index (κ1) is 20.7. The number of amides is 2. The van der Waals surface area contributed by atoms with E-state index in [4.69, 9.17) is 10.5 Å². The molecule has 5 N–H and O–H groups in total. The van der Waals surface area contributed by atoms with Crippen LogP contribution in [0.5, 0.6) is 0 Å². The summed E-state index contributed by atoms with van der Waals surface area (Å²) in [5.41, 5.74) is 6.32. The molecule has 0 radical (unpaired) electrons. The molecule has 2 rings (SSSR count). The Hall–Kier alpha value is -2.61. The van der Waals surface area contributed by atoms with Crippen molar-refractivity contribution < 1.29 is 14.3 Å². The van der Waals surface area contributed by atoms with Crippen LogP contribution in [0, 0.1) is 0 Å². The molecule has 0 aromatic heterocycles. The van der Waals surface area contributed by atoms with Crippen molar-refractivity contribution in [3.05, 3.63) is 35.4 Å². The Morgan fingerprint density at radius 1 is 1.22 bits per heavy atom. The quantitative estimate of drug-likeness (QED) is 0.390. The molecule has 1 aliphatic heterocycles.